The highest BCUT2D eigenvalue weighted by molar-refractivity contribution is 8.26. The number of nitrogens with zero attached hydrogens (tertiary/aromatic N) is 3. The van der Waals surface area contributed by atoms with Gasteiger partial charge in [0, 0.05) is 17.1 Å². The van der Waals surface area contributed by atoms with Gasteiger partial charge in [0.25, 0.3) is 5.91 Å². The van der Waals surface area contributed by atoms with Crippen molar-refractivity contribution in [3.63, 3.8) is 0 Å². The summed E-state index contributed by atoms with van der Waals surface area (Å²) < 4.78 is 2.46. The summed E-state index contributed by atoms with van der Waals surface area (Å²) in [7, 11) is 0. The minimum absolute atomic E-state index is 0.0349. The molecule has 7 heteroatoms. The van der Waals surface area contributed by atoms with Crippen LogP contribution in [0.5, 0.6) is 0 Å². The van der Waals surface area contributed by atoms with E-state index in [-0.39, 0.29) is 5.91 Å². The van der Waals surface area contributed by atoms with Crippen LogP contribution < -0.4 is 0 Å². The Bertz CT molecular complexity index is 1110. The number of thioether (sulfide) groups is 1. The number of hydrogen-bond donors (Lipinski definition) is 0. The van der Waals surface area contributed by atoms with E-state index in [1.54, 1.807) is 4.90 Å². The van der Waals surface area contributed by atoms with Gasteiger partial charge in [-0.25, -0.2) is 4.68 Å². The number of amides is 1. The highest BCUT2D eigenvalue weighted by atomic mass is 35.5. The Morgan fingerprint density at radius 3 is 2.57 bits per heavy atom. The van der Waals surface area contributed by atoms with Crippen LogP contribution >= 0.6 is 35.6 Å². The van der Waals surface area contributed by atoms with Crippen molar-refractivity contribution in [1.82, 2.24) is 14.7 Å². The van der Waals surface area contributed by atoms with Gasteiger partial charge in [0.1, 0.15) is 4.32 Å². The van der Waals surface area contributed by atoms with Gasteiger partial charge in [-0.2, -0.15) is 5.10 Å². The van der Waals surface area contributed by atoms with Crippen molar-refractivity contribution >= 4 is 51.9 Å². The van der Waals surface area contributed by atoms with Crippen LogP contribution in [0.2, 0.25) is 5.02 Å². The summed E-state index contributed by atoms with van der Waals surface area (Å²) in [5.74, 6) is -0.0349. The van der Waals surface area contributed by atoms with Crippen LogP contribution in [-0.2, 0) is 4.79 Å². The fraction of sp³-hybridized carbons (Fsp3) is 0.174. The number of benzene rings is 2. The summed E-state index contributed by atoms with van der Waals surface area (Å²) in [5, 5.41) is 5.48. The molecule has 0 N–H and O–H groups in total. The van der Waals surface area contributed by atoms with E-state index >= 15 is 0 Å². The molecule has 0 radical (unpaired) electrons. The lowest BCUT2D eigenvalue weighted by atomic mass is 10.1. The first-order valence-corrected chi connectivity index (χ1v) is 11.3. The molecule has 1 amide bonds. The van der Waals surface area contributed by atoms with E-state index in [2.05, 4.69) is 6.92 Å². The van der Waals surface area contributed by atoms with Crippen molar-refractivity contribution in [3.05, 3.63) is 76.3 Å². The van der Waals surface area contributed by atoms with Gasteiger partial charge in [-0.05, 0) is 42.8 Å². The van der Waals surface area contributed by atoms with Crippen LogP contribution in [-0.4, -0.2) is 31.5 Å². The molecule has 0 aliphatic carbocycles. The van der Waals surface area contributed by atoms with Gasteiger partial charge in [0.05, 0.1) is 22.0 Å². The first-order chi connectivity index (χ1) is 14.6. The Balaban J connectivity index is 1.75. The fourth-order valence-electron chi connectivity index (χ4n) is 3.18. The Morgan fingerprint density at radius 1 is 1.13 bits per heavy atom. The maximum Gasteiger partial charge on any atom is 0.266 e. The fourth-order valence-corrected chi connectivity index (χ4v) is 4.60. The largest absolute Gasteiger partial charge is 0.293 e. The van der Waals surface area contributed by atoms with Crippen LogP contribution in [0.15, 0.2) is 65.6 Å². The number of para-hydroxylation sites is 1. The second-order valence-corrected chi connectivity index (χ2v) is 9.01. The smallest absolute Gasteiger partial charge is 0.266 e. The molecule has 2 heterocycles. The molecule has 152 valence electrons. The zero-order valence-corrected chi connectivity index (χ0v) is 18.8. The van der Waals surface area contributed by atoms with E-state index in [4.69, 9.17) is 28.9 Å². The molecule has 0 spiro atoms. The molecule has 0 unspecified atom stereocenters. The van der Waals surface area contributed by atoms with Crippen molar-refractivity contribution in [1.29, 1.82) is 0 Å². The molecule has 0 bridgehead atoms. The number of halogens is 1. The minimum Gasteiger partial charge on any atom is -0.293 e. The maximum absolute atomic E-state index is 12.9. The van der Waals surface area contributed by atoms with Crippen LogP contribution in [0, 0.1) is 0 Å². The van der Waals surface area contributed by atoms with E-state index in [1.807, 2.05) is 71.4 Å². The predicted molar refractivity (Wildman–Crippen MR) is 129 cm³/mol. The summed E-state index contributed by atoms with van der Waals surface area (Å²) >= 11 is 12.8. The highest BCUT2D eigenvalue weighted by Crippen LogP contribution is 2.34. The van der Waals surface area contributed by atoms with E-state index in [1.165, 1.54) is 11.8 Å². The van der Waals surface area contributed by atoms with Gasteiger partial charge in [0.15, 0.2) is 0 Å². The zero-order valence-electron chi connectivity index (χ0n) is 16.4. The molecule has 1 fully saturated rings. The second kappa shape index (κ2) is 9.16. The molecule has 1 aliphatic rings. The summed E-state index contributed by atoms with van der Waals surface area (Å²) in [6, 6.07) is 19.4. The third-order valence-corrected chi connectivity index (χ3v) is 6.40. The number of carbonyl (C=O) groups is 1. The van der Waals surface area contributed by atoms with Crippen molar-refractivity contribution in [2.45, 2.75) is 19.8 Å². The van der Waals surface area contributed by atoms with Gasteiger partial charge >= 0.3 is 0 Å². The van der Waals surface area contributed by atoms with Crippen LogP contribution in [0.1, 0.15) is 25.5 Å². The van der Waals surface area contributed by atoms with E-state index in [0.717, 1.165) is 35.5 Å². The lowest BCUT2D eigenvalue weighted by Gasteiger charge is -2.13. The van der Waals surface area contributed by atoms with E-state index < -0.39 is 0 Å². The van der Waals surface area contributed by atoms with Crippen LogP contribution in [0.25, 0.3) is 23.0 Å². The summed E-state index contributed by atoms with van der Waals surface area (Å²) in [5.41, 5.74) is 3.51. The van der Waals surface area contributed by atoms with Gasteiger partial charge in [-0.1, -0.05) is 79.3 Å². The van der Waals surface area contributed by atoms with E-state index in [9.17, 15) is 4.79 Å². The number of hydrogen-bond acceptors (Lipinski definition) is 4. The number of unbranched alkanes of at least 4 members (excludes halogenated alkanes) is 1. The first kappa shape index (κ1) is 20.8. The molecule has 4 rings (SSSR count). The van der Waals surface area contributed by atoms with Gasteiger partial charge in [0.2, 0.25) is 0 Å². The minimum atomic E-state index is -0.0349. The van der Waals surface area contributed by atoms with Gasteiger partial charge in [-0.15, -0.1) is 0 Å². The summed E-state index contributed by atoms with van der Waals surface area (Å²) in [4.78, 5) is 15.2. The Kier molecular flexibility index (Phi) is 6.37. The zero-order chi connectivity index (χ0) is 21.1. The molecule has 1 saturated heterocycles. The molecule has 4 nitrogen and oxygen atoms in total. The third kappa shape index (κ3) is 4.36. The predicted octanol–water partition coefficient (Wildman–Crippen LogP) is 6.19. The Hall–Kier alpha value is -2.41. The van der Waals surface area contributed by atoms with Crippen molar-refractivity contribution in [2.75, 3.05) is 6.54 Å². The molecule has 0 saturated carbocycles. The van der Waals surface area contributed by atoms with E-state index in [0.29, 0.717) is 20.8 Å². The van der Waals surface area contributed by atoms with Crippen LogP contribution in [0.3, 0.4) is 0 Å². The van der Waals surface area contributed by atoms with Crippen molar-refractivity contribution in [3.8, 4) is 16.9 Å². The van der Waals surface area contributed by atoms with Gasteiger partial charge in [-0.3, -0.25) is 9.69 Å². The number of thiocarbonyl (C=S) groups is 1. The number of rotatable bonds is 6. The highest BCUT2D eigenvalue weighted by Gasteiger charge is 2.31. The topological polar surface area (TPSA) is 38.1 Å². The van der Waals surface area contributed by atoms with Crippen molar-refractivity contribution in [2.24, 2.45) is 0 Å². The lowest BCUT2D eigenvalue weighted by Crippen LogP contribution is -2.28. The lowest BCUT2D eigenvalue weighted by molar-refractivity contribution is -0.122. The third-order valence-electron chi connectivity index (χ3n) is 4.77. The SMILES string of the molecule is CCCCN1C(=O)/C(=C\c2cc(-c3ccc(Cl)cc3)nn2-c2ccccc2)SC1=S. The summed E-state index contributed by atoms with van der Waals surface area (Å²) in [6.45, 7) is 2.76. The van der Waals surface area contributed by atoms with Crippen molar-refractivity contribution < 1.29 is 4.79 Å². The maximum atomic E-state index is 12.9. The molecule has 1 aromatic heterocycles. The molecule has 30 heavy (non-hydrogen) atoms. The Morgan fingerprint density at radius 2 is 1.87 bits per heavy atom. The quantitative estimate of drug-likeness (QED) is 0.329. The van der Waals surface area contributed by atoms with Gasteiger partial charge < -0.3 is 0 Å². The number of aromatic nitrogens is 2. The molecule has 3 aromatic rings. The second-order valence-electron chi connectivity index (χ2n) is 6.90. The number of carbonyl (C=O) groups excluding carboxylic acids is 1. The molecule has 1 aliphatic heterocycles. The first-order valence-electron chi connectivity index (χ1n) is 9.73. The standard InChI is InChI=1S/C23H20ClN3OS2/c1-2-3-13-26-22(28)21(30-23(26)29)15-19-14-20(16-9-11-17(24)12-10-16)25-27(19)18-7-5-4-6-8-18/h4-12,14-15H,2-3,13H2,1H3/b21-15+. The molecular weight excluding hydrogens is 434 g/mol. The average molecular weight is 454 g/mol. The molecule has 0 atom stereocenters. The molecular formula is C23H20ClN3OS2. The van der Waals surface area contributed by atoms with Crippen LogP contribution in [0.4, 0.5) is 0 Å². The average Bonchev–Trinajstić information content (AvgIpc) is 3.29. The normalized spacial score (nSPS) is 15.4. The monoisotopic (exact) mass is 453 g/mol. The summed E-state index contributed by atoms with van der Waals surface area (Å²) in [6.07, 6.45) is 3.83. The molecule has 2 aromatic carbocycles. The Labute approximate surface area is 190 Å².